The lowest BCUT2D eigenvalue weighted by Gasteiger charge is -2.26. The van der Waals surface area contributed by atoms with Crippen LogP contribution in [0.1, 0.15) is 27.2 Å². The summed E-state index contributed by atoms with van der Waals surface area (Å²) in [5.74, 6) is -0.615. The maximum Gasteiger partial charge on any atom is 0.411 e. The monoisotopic (exact) mass is 341 g/mol. The molecule has 1 aromatic carbocycles. The highest BCUT2D eigenvalue weighted by atomic mass is 35.5. The van der Waals surface area contributed by atoms with Gasteiger partial charge in [0.1, 0.15) is 23.5 Å². The molecule has 126 valence electrons. The van der Waals surface area contributed by atoms with Crippen molar-refractivity contribution in [1.82, 2.24) is 4.90 Å². The Morgan fingerprint density at radius 3 is 2.52 bits per heavy atom. The maximum atomic E-state index is 12.2. The summed E-state index contributed by atoms with van der Waals surface area (Å²) in [6.45, 7) is 5.33. The van der Waals surface area contributed by atoms with Crippen LogP contribution in [0.15, 0.2) is 24.3 Å². The largest absolute Gasteiger partial charge is 0.487 e. The first kappa shape index (κ1) is 17.4. The molecule has 0 aromatic heterocycles. The van der Waals surface area contributed by atoms with Crippen LogP contribution in [0.3, 0.4) is 0 Å². The first-order valence-electron chi connectivity index (χ1n) is 7.31. The molecule has 1 N–H and O–H groups in total. The molecule has 1 fully saturated rings. The van der Waals surface area contributed by atoms with Gasteiger partial charge in [-0.3, -0.25) is 4.90 Å². The van der Waals surface area contributed by atoms with E-state index in [1.165, 1.54) is 4.90 Å². The molecule has 2 atom stereocenters. The molecule has 0 radical (unpaired) electrons. The molecule has 1 saturated heterocycles. The number of para-hydroxylation sites is 1. The van der Waals surface area contributed by atoms with Gasteiger partial charge in [0.25, 0.3) is 0 Å². The van der Waals surface area contributed by atoms with Crippen LogP contribution in [-0.2, 0) is 9.53 Å². The topological polar surface area (TPSA) is 76.1 Å². The van der Waals surface area contributed by atoms with Crippen LogP contribution < -0.4 is 4.74 Å². The summed E-state index contributed by atoms with van der Waals surface area (Å²) in [7, 11) is 0. The Bertz CT molecular complexity index is 598. The van der Waals surface area contributed by atoms with Crippen LogP contribution in [-0.4, -0.2) is 46.4 Å². The second-order valence-corrected chi connectivity index (χ2v) is 6.80. The second-order valence-electron chi connectivity index (χ2n) is 6.39. The molecule has 1 aliphatic rings. The number of carboxylic acids is 1. The number of halogens is 1. The number of carbonyl (C=O) groups is 2. The Balaban J connectivity index is 2.10. The van der Waals surface area contributed by atoms with Crippen molar-refractivity contribution in [2.45, 2.75) is 44.9 Å². The molecule has 7 heteroatoms. The molecular weight excluding hydrogens is 322 g/mol. The van der Waals surface area contributed by atoms with Crippen molar-refractivity contribution in [3.05, 3.63) is 29.3 Å². The van der Waals surface area contributed by atoms with E-state index in [-0.39, 0.29) is 13.0 Å². The van der Waals surface area contributed by atoms with Crippen molar-refractivity contribution < 1.29 is 24.2 Å². The van der Waals surface area contributed by atoms with E-state index in [1.807, 2.05) is 0 Å². The quantitative estimate of drug-likeness (QED) is 0.913. The minimum Gasteiger partial charge on any atom is -0.487 e. The predicted molar refractivity (Wildman–Crippen MR) is 84.8 cm³/mol. The van der Waals surface area contributed by atoms with E-state index in [4.69, 9.17) is 21.1 Å². The summed E-state index contributed by atoms with van der Waals surface area (Å²) in [4.78, 5) is 24.8. The molecule has 1 heterocycles. The van der Waals surface area contributed by atoms with Gasteiger partial charge in [0, 0.05) is 6.42 Å². The van der Waals surface area contributed by atoms with Crippen LogP contribution in [0.5, 0.6) is 5.75 Å². The Kier molecular flexibility index (Phi) is 5.04. The lowest BCUT2D eigenvalue weighted by molar-refractivity contribution is -0.142. The van der Waals surface area contributed by atoms with E-state index in [0.29, 0.717) is 10.8 Å². The van der Waals surface area contributed by atoms with Gasteiger partial charge < -0.3 is 14.6 Å². The Labute approximate surface area is 139 Å². The van der Waals surface area contributed by atoms with Crippen LogP contribution in [0.25, 0.3) is 0 Å². The third-order valence-electron chi connectivity index (χ3n) is 3.31. The highest BCUT2D eigenvalue weighted by molar-refractivity contribution is 6.32. The molecule has 1 aliphatic heterocycles. The fourth-order valence-corrected chi connectivity index (χ4v) is 2.54. The Morgan fingerprint density at radius 2 is 1.96 bits per heavy atom. The minimum atomic E-state index is -1.08. The number of rotatable bonds is 3. The van der Waals surface area contributed by atoms with Gasteiger partial charge in [0.2, 0.25) is 0 Å². The zero-order chi connectivity index (χ0) is 17.2. The van der Waals surface area contributed by atoms with Crippen molar-refractivity contribution in [1.29, 1.82) is 0 Å². The van der Waals surface area contributed by atoms with Gasteiger partial charge in [-0.25, -0.2) is 9.59 Å². The molecule has 0 bridgehead atoms. The third kappa shape index (κ3) is 4.51. The smallest absolute Gasteiger partial charge is 0.411 e. The van der Waals surface area contributed by atoms with Crippen LogP contribution in [0, 0.1) is 0 Å². The number of ether oxygens (including phenoxy) is 2. The van der Waals surface area contributed by atoms with Gasteiger partial charge in [-0.15, -0.1) is 0 Å². The van der Waals surface area contributed by atoms with Gasteiger partial charge in [0.15, 0.2) is 0 Å². The van der Waals surface area contributed by atoms with Gasteiger partial charge in [-0.2, -0.15) is 0 Å². The fourth-order valence-electron chi connectivity index (χ4n) is 2.36. The predicted octanol–water partition coefficient (Wildman–Crippen LogP) is 3.18. The molecule has 2 rings (SSSR count). The lowest BCUT2D eigenvalue weighted by atomic mass is 10.2. The number of benzene rings is 1. The number of likely N-dealkylation sites (tertiary alicyclic amines) is 1. The van der Waals surface area contributed by atoms with Crippen molar-refractivity contribution in [2.24, 2.45) is 0 Å². The van der Waals surface area contributed by atoms with Gasteiger partial charge in [-0.05, 0) is 32.9 Å². The molecule has 0 spiro atoms. The number of hydrogen-bond donors (Lipinski definition) is 1. The number of aliphatic carboxylic acids is 1. The summed E-state index contributed by atoms with van der Waals surface area (Å²) in [5, 5.41) is 9.78. The zero-order valence-electron chi connectivity index (χ0n) is 13.3. The molecule has 0 saturated carbocycles. The van der Waals surface area contributed by atoms with Crippen molar-refractivity contribution in [3.63, 3.8) is 0 Å². The first-order chi connectivity index (χ1) is 10.7. The molecule has 1 amide bonds. The van der Waals surface area contributed by atoms with E-state index in [2.05, 4.69) is 0 Å². The summed E-state index contributed by atoms with van der Waals surface area (Å²) >= 11 is 6.04. The molecule has 1 aromatic rings. The number of nitrogens with zero attached hydrogens (tertiary/aromatic N) is 1. The standard InChI is InChI=1S/C16H20ClNO5/c1-16(2,3)23-15(21)18-9-10(8-12(18)14(19)20)22-13-7-5-4-6-11(13)17/h4-7,10,12H,8-9H2,1-3H3,(H,19,20)/t10-,12-/m0/s1. The van der Waals surface area contributed by atoms with Crippen molar-refractivity contribution >= 4 is 23.7 Å². The SMILES string of the molecule is CC(C)(C)OC(=O)N1C[C@@H](Oc2ccccc2Cl)C[C@H]1C(=O)O. The van der Waals surface area contributed by atoms with Crippen molar-refractivity contribution in [2.75, 3.05) is 6.54 Å². The van der Waals surface area contributed by atoms with E-state index < -0.39 is 29.8 Å². The number of hydrogen-bond acceptors (Lipinski definition) is 4. The van der Waals surface area contributed by atoms with Crippen molar-refractivity contribution in [3.8, 4) is 5.75 Å². The van der Waals surface area contributed by atoms with E-state index in [1.54, 1.807) is 45.0 Å². The van der Waals surface area contributed by atoms with Crippen LogP contribution in [0.4, 0.5) is 4.79 Å². The van der Waals surface area contributed by atoms with E-state index in [0.717, 1.165) is 0 Å². The van der Waals surface area contributed by atoms with E-state index >= 15 is 0 Å². The molecule has 23 heavy (non-hydrogen) atoms. The fraction of sp³-hybridized carbons (Fsp3) is 0.500. The molecule has 6 nitrogen and oxygen atoms in total. The average Bonchev–Trinajstić information content (AvgIpc) is 2.84. The molecular formula is C16H20ClNO5. The first-order valence-corrected chi connectivity index (χ1v) is 7.69. The normalized spacial score (nSPS) is 21.1. The number of amides is 1. The Hall–Kier alpha value is -1.95. The zero-order valence-corrected chi connectivity index (χ0v) is 14.0. The maximum absolute atomic E-state index is 12.2. The minimum absolute atomic E-state index is 0.136. The average molecular weight is 342 g/mol. The highest BCUT2D eigenvalue weighted by Crippen LogP contribution is 2.29. The van der Waals surface area contributed by atoms with Gasteiger partial charge in [0.05, 0.1) is 11.6 Å². The van der Waals surface area contributed by atoms with Crippen LogP contribution in [0.2, 0.25) is 5.02 Å². The third-order valence-corrected chi connectivity index (χ3v) is 3.62. The number of carbonyl (C=O) groups excluding carboxylic acids is 1. The molecule has 0 unspecified atom stereocenters. The van der Waals surface area contributed by atoms with E-state index in [9.17, 15) is 14.7 Å². The Morgan fingerprint density at radius 1 is 1.30 bits per heavy atom. The second kappa shape index (κ2) is 6.66. The summed E-state index contributed by atoms with van der Waals surface area (Å²) < 4.78 is 11.0. The van der Waals surface area contributed by atoms with Crippen LogP contribution >= 0.6 is 11.6 Å². The summed E-state index contributed by atoms with van der Waals surface area (Å²) in [6, 6.07) is 5.96. The highest BCUT2D eigenvalue weighted by Gasteiger charge is 2.42. The summed E-state index contributed by atoms with van der Waals surface area (Å²) in [6.07, 6.45) is -0.932. The van der Waals surface area contributed by atoms with Gasteiger partial charge >= 0.3 is 12.1 Å². The number of carboxylic acid groups (broad SMARTS) is 1. The summed E-state index contributed by atoms with van der Waals surface area (Å²) in [5.41, 5.74) is -0.693. The lowest BCUT2D eigenvalue weighted by Crippen LogP contribution is -2.43. The molecule has 0 aliphatic carbocycles. The van der Waals surface area contributed by atoms with Gasteiger partial charge in [-0.1, -0.05) is 23.7 Å².